The molecule has 1 heterocycles. The first kappa shape index (κ1) is 15.6. The van der Waals surface area contributed by atoms with Crippen molar-refractivity contribution >= 4 is 5.91 Å². The first-order valence-electron chi connectivity index (χ1n) is 6.09. The van der Waals surface area contributed by atoms with E-state index in [0.717, 1.165) is 0 Å². The van der Waals surface area contributed by atoms with Crippen molar-refractivity contribution in [3.8, 4) is 0 Å². The summed E-state index contributed by atoms with van der Waals surface area (Å²) in [7, 11) is 0. The number of nitrogens with one attached hydrogen (secondary N) is 1. The molecule has 21 heavy (non-hydrogen) atoms. The van der Waals surface area contributed by atoms with Gasteiger partial charge in [-0.05, 0) is 0 Å². The van der Waals surface area contributed by atoms with Crippen LogP contribution in [0.15, 0.2) is 0 Å². The molecule has 0 aromatic heterocycles. The van der Waals surface area contributed by atoms with E-state index in [1.807, 2.05) is 0 Å². The smallest absolute Gasteiger partial charge is 0.236 e. The van der Waals surface area contributed by atoms with Crippen LogP contribution in [0, 0.1) is 29.1 Å². The summed E-state index contributed by atoms with van der Waals surface area (Å²) in [5, 5.41) is 2.85. The van der Waals surface area contributed by atoms with Gasteiger partial charge in [0.1, 0.15) is 6.04 Å². The Bertz CT molecular complexity index is 551. The molecule has 1 aromatic carbocycles. The Morgan fingerprint density at radius 1 is 1.10 bits per heavy atom. The number of carbonyl (C=O) groups is 1. The van der Waals surface area contributed by atoms with E-state index in [4.69, 9.17) is 5.73 Å². The van der Waals surface area contributed by atoms with E-state index in [1.54, 1.807) is 0 Å². The predicted octanol–water partition coefficient (Wildman–Crippen LogP) is 0.641. The lowest BCUT2D eigenvalue weighted by Gasteiger charge is -2.34. The van der Waals surface area contributed by atoms with Crippen LogP contribution in [0.25, 0.3) is 0 Å². The van der Waals surface area contributed by atoms with Gasteiger partial charge in [0.05, 0.1) is 0 Å². The Kier molecular flexibility index (Phi) is 4.43. The van der Waals surface area contributed by atoms with Crippen molar-refractivity contribution in [2.45, 2.75) is 12.6 Å². The van der Waals surface area contributed by atoms with E-state index in [2.05, 4.69) is 5.32 Å². The molecule has 0 radical (unpaired) electrons. The van der Waals surface area contributed by atoms with Crippen LogP contribution >= 0.6 is 0 Å². The zero-order chi connectivity index (χ0) is 15.7. The summed E-state index contributed by atoms with van der Waals surface area (Å²) >= 11 is 0. The SMILES string of the molecule is NC(=O)C1CNCCN1Cc1c(F)c(F)c(F)c(F)c1F. The molecule has 116 valence electrons. The molecule has 1 amide bonds. The number of amides is 1. The van der Waals surface area contributed by atoms with Crippen molar-refractivity contribution < 1.29 is 26.7 Å². The molecule has 1 saturated heterocycles. The van der Waals surface area contributed by atoms with Gasteiger partial charge >= 0.3 is 0 Å². The highest BCUT2D eigenvalue weighted by Gasteiger charge is 2.31. The topological polar surface area (TPSA) is 58.4 Å². The van der Waals surface area contributed by atoms with Crippen LogP contribution in [-0.4, -0.2) is 36.5 Å². The van der Waals surface area contributed by atoms with Gasteiger partial charge in [-0.25, -0.2) is 22.0 Å². The van der Waals surface area contributed by atoms with Crippen LogP contribution in [0.3, 0.4) is 0 Å². The predicted molar refractivity (Wildman–Crippen MR) is 62.5 cm³/mol. The molecule has 0 spiro atoms. The average Bonchev–Trinajstić information content (AvgIpc) is 2.48. The molecule has 4 nitrogen and oxygen atoms in total. The molecule has 0 bridgehead atoms. The van der Waals surface area contributed by atoms with Crippen molar-refractivity contribution in [2.24, 2.45) is 5.73 Å². The maximum Gasteiger partial charge on any atom is 0.236 e. The minimum atomic E-state index is -2.21. The van der Waals surface area contributed by atoms with Gasteiger partial charge in [-0.1, -0.05) is 0 Å². The molecule has 1 aromatic rings. The third-order valence-electron chi connectivity index (χ3n) is 3.34. The Balaban J connectivity index is 2.37. The molecular weight excluding hydrogens is 297 g/mol. The molecule has 2 rings (SSSR count). The summed E-state index contributed by atoms with van der Waals surface area (Å²) in [6, 6.07) is -0.881. The number of carbonyl (C=O) groups excluding carboxylic acids is 1. The van der Waals surface area contributed by atoms with Crippen LogP contribution in [0.2, 0.25) is 0 Å². The van der Waals surface area contributed by atoms with Crippen LogP contribution in [0.1, 0.15) is 5.56 Å². The first-order chi connectivity index (χ1) is 9.84. The molecule has 9 heteroatoms. The lowest BCUT2D eigenvalue weighted by molar-refractivity contribution is -0.124. The Hall–Kier alpha value is -1.74. The highest BCUT2D eigenvalue weighted by molar-refractivity contribution is 5.80. The van der Waals surface area contributed by atoms with Gasteiger partial charge in [-0.2, -0.15) is 0 Å². The van der Waals surface area contributed by atoms with E-state index in [1.165, 1.54) is 4.90 Å². The first-order valence-corrected chi connectivity index (χ1v) is 6.09. The van der Waals surface area contributed by atoms with Crippen LogP contribution < -0.4 is 11.1 Å². The molecule has 1 unspecified atom stereocenters. The summed E-state index contributed by atoms with van der Waals surface area (Å²) in [4.78, 5) is 12.5. The van der Waals surface area contributed by atoms with Crippen LogP contribution in [-0.2, 0) is 11.3 Å². The van der Waals surface area contributed by atoms with Crippen LogP contribution in [0.5, 0.6) is 0 Å². The molecule has 3 N–H and O–H groups in total. The number of piperazine rings is 1. The minimum absolute atomic E-state index is 0.144. The Morgan fingerprint density at radius 3 is 2.14 bits per heavy atom. The van der Waals surface area contributed by atoms with Gasteiger partial charge < -0.3 is 11.1 Å². The second kappa shape index (κ2) is 5.94. The van der Waals surface area contributed by atoms with Gasteiger partial charge in [0.15, 0.2) is 23.3 Å². The number of primary amides is 1. The van der Waals surface area contributed by atoms with Crippen molar-refractivity contribution in [3.05, 3.63) is 34.6 Å². The molecule has 1 aliphatic heterocycles. The number of hydrogen-bond acceptors (Lipinski definition) is 3. The zero-order valence-electron chi connectivity index (χ0n) is 10.7. The van der Waals surface area contributed by atoms with E-state index in [9.17, 15) is 26.7 Å². The Labute approximate surface area is 116 Å². The standard InChI is InChI=1S/C12H12F5N3O/c13-7-5(8(14)10(16)11(17)9(7)15)4-20-2-1-19-3-6(20)12(18)21/h6,19H,1-4H2,(H2,18,21). The summed E-state index contributed by atoms with van der Waals surface area (Å²) in [6.07, 6.45) is 0. The highest BCUT2D eigenvalue weighted by atomic mass is 19.2. The monoisotopic (exact) mass is 309 g/mol. The number of benzene rings is 1. The number of hydrogen-bond donors (Lipinski definition) is 2. The summed E-state index contributed by atoms with van der Waals surface area (Å²) in [6.45, 7) is 0.137. The second-order valence-electron chi connectivity index (χ2n) is 4.64. The lowest BCUT2D eigenvalue weighted by Crippen LogP contribution is -2.56. The Morgan fingerprint density at radius 2 is 1.62 bits per heavy atom. The summed E-state index contributed by atoms with van der Waals surface area (Å²) in [5.74, 6) is -10.8. The van der Waals surface area contributed by atoms with Gasteiger partial charge in [0.2, 0.25) is 11.7 Å². The van der Waals surface area contributed by atoms with Crippen molar-refractivity contribution in [2.75, 3.05) is 19.6 Å². The van der Waals surface area contributed by atoms with Gasteiger partial charge in [0, 0.05) is 31.7 Å². The van der Waals surface area contributed by atoms with E-state index < -0.39 is 53.1 Å². The minimum Gasteiger partial charge on any atom is -0.368 e. The summed E-state index contributed by atoms with van der Waals surface area (Å²) < 4.78 is 66.4. The largest absolute Gasteiger partial charge is 0.368 e. The molecule has 1 fully saturated rings. The van der Waals surface area contributed by atoms with Crippen LogP contribution in [0.4, 0.5) is 22.0 Å². The van der Waals surface area contributed by atoms with Crippen molar-refractivity contribution in [1.82, 2.24) is 10.2 Å². The molecule has 0 aliphatic carbocycles. The van der Waals surface area contributed by atoms with E-state index in [-0.39, 0.29) is 13.1 Å². The van der Waals surface area contributed by atoms with Gasteiger partial charge in [-0.15, -0.1) is 0 Å². The fourth-order valence-corrected chi connectivity index (χ4v) is 2.21. The highest BCUT2D eigenvalue weighted by Crippen LogP contribution is 2.24. The number of nitrogens with two attached hydrogens (primary N) is 1. The maximum absolute atomic E-state index is 13.6. The molecular formula is C12H12F5N3O. The number of rotatable bonds is 3. The van der Waals surface area contributed by atoms with Crippen molar-refractivity contribution in [1.29, 1.82) is 0 Å². The molecule has 1 aliphatic rings. The number of halogens is 5. The lowest BCUT2D eigenvalue weighted by atomic mass is 10.1. The van der Waals surface area contributed by atoms with Gasteiger partial charge in [0.25, 0.3) is 0 Å². The molecule has 1 atom stereocenters. The maximum atomic E-state index is 13.6. The van der Waals surface area contributed by atoms with E-state index in [0.29, 0.717) is 6.54 Å². The second-order valence-corrected chi connectivity index (χ2v) is 4.64. The fraction of sp³-hybridized carbons (Fsp3) is 0.417. The van der Waals surface area contributed by atoms with E-state index >= 15 is 0 Å². The summed E-state index contributed by atoms with van der Waals surface area (Å²) in [5.41, 5.74) is 4.18. The van der Waals surface area contributed by atoms with Gasteiger partial charge in [-0.3, -0.25) is 9.69 Å². The third kappa shape index (κ3) is 2.84. The quantitative estimate of drug-likeness (QED) is 0.489. The normalized spacial score (nSPS) is 19.8. The molecule has 0 saturated carbocycles. The zero-order valence-corrected chi connectivity index (χ0v) is 10.7. The third-order valence-corrected chi connectivity index (χ3v) is 3.34. The number of nitrogens with zero attached hydrogens (tertiary/aromatic N) is 1. The van der Waals surface area contributed by atoms with Crippen molar-refractivity contribution in [3.63, 3.8) is 0 Å². The fourth-order valence-electron chi connectivity index (χ4n) is 2.21. The average molecular weight is 309 g/mol.